The molecule has 7 nitrogen and oxygen atoms in total. The summed E-state index contributed by atoms with van der Waals surface area (Å²) < 4.78 is 7.18. The van der Waals surface area contributed by atoms with Gasteiger partial charge in [0, 0.05) is 6.04 Å². The van der Waals surface area contributed by atoms with E-state index in [1.54, 1.807) is 0 Å². The predicted octanol–water partition coefficient (Wildman–Crippen LogP) is 1.95. The molecule has 0 spiro atoms. The normalized spacial score (nSPS) is 15.0. The fourth-order valence-electron chi connectivity index (χ4n) is 2.35. The molecule has 0 saturated heterocycles. The van der Waals surface area contributed by atoms with E-state index in [1.807, 2.05) is 32.9 Å². The third-order valence-electron chi connectivity index (χ3n) is 4.00. The molecule has 134 valence electrons. The van der Waals surface area contributed by atoms with Crippen LogP contribution in [0.3, 0.4) is 0 Å². The minimum atomic E-state index is -0.278. The van der Waals surface area contributed by atoms with Gasteiger partial charge < -0.3 is 15.9 Å². The lowest BCUT2D eigenvalue weighted by atomic mass is 10.1. The average Bonchev–Trinajstić information content (AvgIpc) is 3.32. The Morgan fingerprint density at radius 1 is 1.44 bits per heavy atom. The zero-order valence-corrected chi connectivity index (χ0v) is 15.5. The molecule has 1 aromatic heterocycles. The minimum Gasteiger partial charge on any atom is -0.485 e. The van der Waals surface area contributed by atoms with Crippen LogP contribution in [0, 0.1) is 13.8 Å². The summed E-state index contributed by atoms with van der Waals surface area (Å²) in [5, 5.41) is 11.3. The molecule has 1 aliphatic rings. The third kappa shape index (κ3) is 4.45. The number of rotatable bonds is 7. The molecule has 1 saturated carbocycles. The highest BCUT2D eigenvalue weighted by Crippen LogP contribution is 2.24. The van der Waals surface area contributed by atoms with E-state index in [9.17, 15) is 4.79 Å². The maximum atomic E-state index is 12.0. The van der Waals surface area contributed by atoms with Crippen LogP contribution in [-0.2, 0) is 11.4 Å². The summed E-state index contributed by atoms with van der Waals surface area (Å²) in [6.45, 7) is 6.09. The number of aryl methyl sites for hydroxylation is 2. The van der Waals surface area contributed by atoms with E-state index in [4.69, 9.17) is 10.6 Å². The molecular weight excluding hydrogens is 338 g/mol. The minimum absolute atomic E-state index is 0.00331. The summed E-state index contributed by atoms with van der Waals surface area (Å²) in [6.07, 6.45) is 2.13. The van der Waals surface area contributed by atoms with Gasteiger partial charge in [-0.1, -0.05) is 29.5 Å². The first-order valence-electron chi connectivity index (χ1n) is 8.30. The second-order valence-electron chi connectivity index (χ2n) is 6.37. The second kappa shape index (κ2) is 7.35. The summed E-state index contributed by atoms with van der Waals surface area (Å²) in [6, 6.07) is 6.33. The van der Waals surface area contributed by atoms with Gasteiger partial charge in [-0.25, -0.2) is 4.68 Å². The summed E-state index contributed by atoms with van der Waals surface area (Å²) in [5.41, 5.74) is 2.24. The number of ether oxygens (including phenoxy) is 1. The van der Waals surface area contributed by atoms with Crippen molar-refractivity contribution >= 4 is 17.7 Å². The number of aromatic nitrogens is 3. The molecule has 1 aliphatic carbocycles. The summed E-state index contributed by atoms with van der Waals surface area (Å²) in [7, 11) is 0. The standard InChI is InChI=1S/C17H23N5O2S/c1-10-4-7-14(11(2)8-10)24-9-15-20-21-17(22(15)18)25-12(3)16(23)19-13-5-6-13/h4,7-8,12-13H,5-6,9,18H2,1-3H3,(H,19,23)/t12-/m0/s1. The van der Waals surface area contributed by atoms with Gasteiger partial charge in [0.15, 0.2) is 5.82 Å². The van der Waals surface area contributed by atoms with Gasteiger partial charge >= 0.3 is 0 Å². The van der Waals surface area contributed by atoms with Crippen molar-refractivity contribution < 1.29 is 9.53 Å². The Hall–Kier alpha value is -2.22. The average molecular weight is 361 g/mol. The Morgan fingerprint density at radius 3 is 2.88 bits per heavy atom. The Morgan fingerprint density at radius 2 is 2.20 bits per heavy atom. The molecule has 3 N–H and O–H groups in total. The fourth-order valence-corrected chi connectivity index (χ4v) is 3.15. The predicted molar refractivity (Wildman–Crippen MR) is 96.9 cm³/mol. The quantitative estimate of drug-likeness (QED) is 0.578. The first-order chi connectivity index (χ1) is 11.9. The molecule has 8 heteroatoms. The highest BCUT2D eigenvalue weighted by atomic mass is 32.2. The molecule has 1 aromatic carbocycles. The Balaban J connectivity index is 1.59. The lowest BCUT2D eigenvalue weighted by molar-refractivity contribution is -0.120. The number of benzene rings is 1. The monoisotopic (exact) mass is 361 g/mol. The molecule has 1 heterocycles. The molecule has 1 atom stereocenters. The van der Waals surface area contributed by atoms with Crippen LogP contribution in [-0.4, -0.2) is 32.1 Å². The lowest BCUT2D eigenvalue weighted by Crippen LogP contribution is -2.32. The van der Waals surface area contributed by atoms with Gasteiger partial charge in [-0.05, 0) is 45.2 Å². The van der Waals surface area contributed by atoms with E-state index in [2.05, 4.69) is 21.6 Å². The number of carbonyl (C=O) groups is 1. The van der Waals surface area contributed by atoms with Gasteiger partial charge in [-0.2, -0.15) is 0 Å². The SMILES string of the molecule is Cc1ccc(OCc2nnc(S[C@@H](C)C(=O)NC3CC3)n2N)c(C)c1. The molecule has 1 fully saturated rings. The van der Waals surface area contributed by atoms with E-state index >= 15 is 0 Å². The van der Waals surface area contributed by atoms with Crippen molar-refractivity contribution in [3.63, 3.8) is 0 Å². The van der Waals surface area contributed by atoms with Crippen LogP contribution in [0.25, 0.3) is 0 Å². The van der Waals surface area contributed by atoms with Crippen molar-refractivity contribution in [3.05, 3.63) is 35.2 Å². The number of thioether (sulfide) groups is 1. The van der Waals surface area contributed by atoms with Crippen LogP contribution in [0.5, 0.6) is 5.75 Å². The van der Waals surface area contributed by atoms with Crippen LogP contribution in [0.1, 0.15) is 36.7 Å². The topological polar surface area (TPSA) is 95.1 Å². The van der Waals surface area contributed by atoms with Crippen LogP contribution >= 0.6 is 11.8 Å². The molecule has 0 bridgehead atoms. The number of nitrogen functional groups attached to an aromatic ring is 1. The largest absolute Gasteiger partial charge is 0.485 e. The van der Waals surface area contributed by atoms with Gasteiger partial charge in [-0.15, -0.1) is 10.2 Å². The molecule has 25 heavy (non-hydrogen) atoms. The molecule has 0 radical (unpaired) electrons. The molecular formula is C17H23N5O2S. The van der Waals surface area contributed by atoms with Crippen molar-refractivity contribution in [2.24, 2.45) is 0 Å². The van der Waals surface area contributed by atoms with Crippen LogP contribution in [0.15, 0.2) is 23.4 Å². The number of nitrogens with zero attached hydrogens (tertiary/aromatic N) is 3. The maximum Gasteiger partial charge on any atom is 0.233 e. The number of nitrogens with two attached hydrogens (primary N) is 1. The number of hydrogen-bond donors (Lipinski definition) is 2. The van der Waals surface area contributed by atoms with Gasteiger partial charge in [-0.3, -0.25) is 4.79 Å². The van der Waals surface area contributed by atoms with Crippen molar-refractivity contribution in [1.82, 2.24) is 20.2 Å². The van der Waals surface area contributed by atoms with E-state index in [0.717, 1.165) is 24.2 Å². The zero-order chi connectivity index (χ0) is 18.0. The van der Waals surface area contributed by atoms with Gasteiger partial charge in [0.25, 0.3) is 0 Å². The van der Waals surface area contributed by atoms with E-state index in [-0.39, 0.29) is 17.8 Å². The first-order valence-corrected chi connectivity index (χ1v) is 9.18. The van der Waals surface area contributed by atoms with Crippen molar-refractivity contribution in [3.8, 4) is 5.75 Å². The summed E-state index contributed by atoms with van der Waals surface area (Å²) in [4.78, 5) is 12.0. The van der Waals surface area contributed by atoms with Gasteiger partial charge in [0.1, 0.15) is 12.4 Å². The smallest absolute Gasteiger partial charge is 0.233 e. The van der Waals surface area contributed by atoms with Gasteiger partial charge in [0.2, 0.25) is 11.1 Å². The zero-order valence-electron chi connectivity index (χ0n) is 14.7. The molecule has 1 amide bonds. The number of carbonyl (C=O) groups excluding carboxylic acids is 1. The Labute approximate surface area is 151 Å². The number of nitrogens with one attached hydrogen (secondary N) is 1. The van der Waals surface area contributed by atoms with Crippen LogP contribution in [0.2, 0.25) is 0 Å². The van der Waals surface area contributed by atoms with Crippen molar-refractivity contribution in [2.75, 3.05) is 5.84 Å². The third-order valence-corrected chi connectivity index (χ3v) is 5.05. The van der Waals surface area contributed by atoms with Crippen LogP contribution < -0.4 is 15.9 Å². The van der Waals surface area contributed by atoms with E-state index in [1.165, 1.54) is 22.0 Å². The number of hydrogen-bond acceptors (Lipinski definition) is 6. The molecule has 0 unspecified atom stereocenters. The number of amides is 1. The highest BCUT2D eigenvalue weighted by molar-refractivity contribution is 8.00. The van der Waals surface area contributed by atoms with Gasteiger partial charge in [0.05, 0.1) is 5.25 Å². The first kappa shape index (κ1) is 17.6. The molecule has 2 aromatic rings. The molecule has 3 rings (SSSR count). The highest BCUT2D eigenvalue weighted by Gasteiger charge is 2.27. The van der Waals surface area contributed by atoms with Crippen molar-refractivity contribution in [2.45, 2.75) is 56.7 Å². The summed E-state index contributed by atoms with van der Waals surface area (Å²) in [5.74, 6) is 7.36. The van der Waals surface area contributed by atoms with E-state index in [0.29, 0.717) is 17.0 Å². The second-order valence-corrected chi connectivity index (χ2v) is 7.68. The van der Waals surface area contributed by atoms with Crippen molar-refractivity contribution in [1.29, 1.82) is 0 Å². The lowest BCUT2D eigenvalue weighted by Gasteiger charge is -2.11. The van der Waals surface area contributed by atoms with Crippen LogP contribution in [0.4, 0.5) is 0 Å². The maximum absolute atomic E-state index is 12.0. The Bertz CT molecular complexity index is 772. The molecule has 0 aliphatic heterocycles. The van der Waals surface area contributed by atoms with E-state index < -0.39 is 0 Å². The Kier molecular flexibility index (Phi) is 5.17. The summed E-state index contributed by atoms with van der Waals surface area (Å²) >= 11 is 1.29. The fraction of sp³-hybridized carbons (Fsp3) is 0.471.